The van der Waals surface area contributed by atoms with Crippen LogP contribution in [0.3, 0.4) is 0 Å². The van der Waals surface area contributed by atoms with E-state index in [-0.39, 0.29) is 22.4 Å². The molecule has 2 aromatic carbocycles. The molecule has 0 atom stereocenters. The average Bonchev–Trinajstić information content (AvgIpc) is 2.65. The number of carbonyl (C=O) groups is 1. The van der Waals surface area contributed by atoms with Gasteiger partial charge in [-0.15, -0.1) is 13.2 Å². The van der Waals surface area contributed by atoms with Gasteiger partial charge in [-0.2, -0.15) is 0 Å². The molecule has 1 saturated carbocycles. The summed E-state index contributed by atoms with van der Waals surface area (Å²) in [5.74, 6) is -4.40. The Labute approximate surface area is 164 Å². The van der Waals surface area contributed by atoms with Gasteiger partial charge in [0.2, 0.25) is 5.75 Å². The van der Waals surface area contributed by atoms with Gasteiger partial charge in [-0.25, -0.2) is 8.78 Å². The van der Waals surface area contributed by atoms with E-state index in [4.69, 9.17) is 4.74 Å². The summed E-state index contributed by atoms with van der Waals surface area (Å²) in [4.78, 5) is 12.4. The Kier molecular flexibility index (Phi) is 6.29. The molecule has 3 rings (SSSR count). The molecule has 1 aliphatic rings. The molecule has 0 aromatic heterocycles. The van der Waals surface area contributed by atoms with Crippen LogP contribution in [0, 0.1) is 23.5 Å². The van der Waals surface area contributed by atoms with Crippen molar-refractivity contribution < 1.29 is 36.2 Å². The van der Waals surface area contributed by atoms with Crippen LogP contribution in [-0.2, 0) is 4.79 Å². The van der Waals surface area contributed by atoms with E-state index in [1.165, 1.54) is 12.1 Å². The second-order valence-corrected chi connectivity index (χ2v) is 7.36. The van der Waals surface area contributed by atoms with E-state index in [1.54, 1.807) is 0 Å². The number of ether oxygens (including phenoxy) is 2. The van der Waals surface area contributed by atoms with Crippen LogP contribution < -0.4 is 9.47 Å². The van der Waals surface area contributed by atoms with E-state index in [9.17, 15) is 26.7 Å². The molecular weight excluding hydrogens is 395 g/mol. The molecule has 0 aliphatic heterocycles. The van der Waals surface area contributed by atoms with Crippen molar-refractivity contribution in [1.82, 2.24) is 0 Å². The highest BCUT2D eigenvalue weighted by Crippen LogP contribution is 2.36. The highest BCUT2D eigenvalue weighted by Gasteiger charge is 2.34. The minimum Gasteiger partial charge on any atom is -0.426 e. The van der Waals surface area contributed by atoms with Crippen LogP contribution >= 0.6 is 0 Å². The Balaban J connectivity index is 1.75. The lowest BCUT2D eigenvalue weighted by Gasteiger charge is -2.26. The Morgan fingerprint density at radius 2 is 1.79 bits per heavy atom. The maximum Gasteiger partial charge on any atom is 0.573 e. The maximum absolute atomic E-state index is 14.3. The fourth-order valence-electron chi connectivity index (χ4n) is 3.86. The van der Waals surface area contributed by atoms with Gasteiger partial charge in [0, 0.05) is 5.39 Å². The molecule has 8 heteroatoms. The minimum absolute atomic E-state index is 0.0357. The summed E-state index contributed by atoms with van der Waals surface area (Å²) in [6.45, 7) is 2.13. The summed E-state index contributed by atoms with van der Waals surface area (Å²) in [6, 6.07) is 4.33. The van der Waals surface area contributed by atoms with Gasteiger partial charge < -0.3 is 9.47 Å². The van der Waals surface area contributed by atoms with Crippen molar-refractivity contribution >= 4 is 16.7 Å². The van der Waals surface area contributed by atoms with Crippen LogP contribution in [0.2, 0.25) is 0 Å². The predicted octanol–water partition coefficient (Wildman–Crippen LogP) is 6.53. The van der Waals surface area contributed by atoms with Crippen LogP contribution in [0.5, 0.6) is 11.5 Å². The number of rotatable bonds is 5. The standard InChI is InChI=1S/C21H21F5O3/c1-2-3-12-4-6-13(7-5-12)20(27)28-15-8-9-16-14(10-15)11-17(22)19(18(16)23)29-21(24,25)26/h8-13H,2-7H2,1H3. The summed E-state index contributed by atoms with van der Waals surface area (Å²) in [6.07, 6.45) is 0.425. The van der Waals surface area contributed by atoms with Crippen molar-refractivity contribution in [3.05, 3.63) is 35.9 Å². The van der Waals surface area contributed by atoms with Gasteiger partial charge in [-0.3, -0.25) is 4.79 Å². The SMILES string of the molecule is CCCC1CCC(C(=O)Oc2ccc3c(F)c(OC(F)(F)F)c(F)cc3c2)CC1. The second-order valence-electron chi connectivity index (χ2n) is 7.36. The van der Waals surface area contributed by atoms with Crippen LogP contribution in [-0.4, -0.2) is 12.3 Å². The molecule has 0 amide bonds. The third-order valence-electron chi connectivity index (χ3n) is 5.27. The number of halogens is 5. The zero-order chi connectivity index (χ0) is 21.2. The molecule has 0 unspecified atom stereocenters. The van der Waals surface area contributed by atoms with Crippen LogP contribution in [0.4, 0.5) is 22.0 Å². The molecule has 1 fully saturated rings. The Morgan fingerprint density at radius 1 is 1.10 bits per heavy atom. The van der Waals surface area contributed by atoms with Gasteiger partial charge in [-0.1, -0.05) is 19.8 Å². The minimum atomic E-state index is -5.22. The summed E-state index contributed by atoms with van der Waals surface area (Å²) in [5.41, 5.74) is 0. The summed E-state index contributed by atoms with van der Waals surface area (Å²) in [5, 5.41) is -0.308. The highest BCUT2D eigenvalue weighted by atomic mass is 19.4. The predicted molar refractivity (Wildman–Crippen MR) is 96.5 cm³/mol. The monoisotopic (exact) mass is 416 g/mol. The summed E-state index contributed by atoms with van der Waals surface area (Å²) >= 11 is 0. The van der Waals surface area contributed by atoms with E-state index < -0.39 is 29.7 Å². The molecule has 29 heavy (non-hydrogen) atoms. The molecule has 3 nitrogen and oxygen atoms in total. The quantitative estimate of drug-likeness (QED) is 0.316. The van der Waals surface area contributed by atoms with Crippen molar-refractivity contribution in [1.29, 1.82) is 0 Å². The lowest BCUT2D eigenvalue weighted by molar-refractivity contribution is -0.276. The smallest absolute Gasteiger partial charge is 0.426 e. The van der Waals surface area contributed by atoms with E-state index >= 15 is 0 Å². The molecule has 0 heterocycles. The van der Waals surface area contributed by atoms with E-state index in [1.807, 2.05) is 0 Å². The topological polar surface area (TPSA) is 35.5 Å². The van der Waals surface area contributed by atoms with Gasteiger partial charge in [0.15, 0.2) is 11.6 Å². The van der Waals surface area contributed by atoms with Crippen molar-refractivity contribution in [2.75, 3.05) is 0 Å². The first-order chi connectivity index (χ1) is 13.7. The Bertz CT molecular complexity index is 886. The Morgan fingerprint density at radius 3 is 2.41 bits per heavy atom. The largest absolute Gasteiger partial charge is 0.573 e. The molecule has 0 radical (unpaired) electrons. The zero-order valence-electron chi connectivity index (χ0n) is 15.8. The normalized spacial score (nSPS) is 19.9. The van der Waals surface area contributed by atoms with Crippen molar-refractivity contribution in [2.45, 2.75) is 51.8 Å². The molecule has 158 valence electrons. The third-order valence-corrected chi connectivity index (χ3v) is 5.27. The fraction of sp³-hybridized carbons (Fsp3) is 0.476. The van der Waals surface area contributed by atoms with Gasteiger partial charge in [0.25, 0.3) is 0 Å². The number of hydrogen-bond donors (Lipinski definition) is 0. The van der Waals surface area contributed by atoms with Crippen LogP contribution in [0.1, 0.15) is 45.4 Å². The average molecular weight is 416 g/mol. The first-order valence-electron chi connectivity index (χ1n) is 9.57. The van der Waals surface area contributed by atoms with Crippen LogP contribution in [0.15, 0.2) is 24.3 Å². The summed E-state index contributed by atoms with van der Waals surface area (Å²) < 4.78 is 74.0. The molecule has 0 bridgehead atoms. The summed E-state index contributed by atoms with van der Waals surface area (Å²) in [7, 11) is 0. The Hall–Kier alpha value is -2.38. The van der Waals surface area contributed by atoms with Gasteiger partial charge >= 0.3 is 12.3 Å². The van der Waals surface area contributed by atoms with Crippen molar-refractivity contribution in [2.24, 2.45) is 11.8 Å². The molecule has 2 aromatic rings. The second kappa shape index (κ2) is 8.55. The number of alkyl halides is 3. The zero-order valence-corrected chi connectivity index (χ0v) is 15.8. The number of fused-ring (bicyclic) bond motifs is 1. The first-order valence-corrected chi connectivity index (χ1v) is 9.57. The number of carbonyl (C=O) groups excluding carboxylic acids is 1. The lowest BCUT2D eigenvalue weighted by atomic mass is 9.80. The highest BCUT2D eigenvalue weighted by molar-refractivity contribution is 5.87. The van der Waals surface area contributed by atoms with Crippen molar-refractivity contribution in [3.63, 3.8) is 0 Å². The van der Waals surface area contributed by atoms with E-state index in [0.717, 1.165) is 44.6 Å². The maximum atomic E-state index is 14.3. The molecule has 1 aliphatic carbocycles. The number of benzene rings is 2. The van der Waals surface area contributed by atoms with Gasteiger partial charge in [-0.05, 0) is 61.3 Å². The molecule has 0 saturated heterocycles. The lowest BCUT2D eigenvalue weighted by Crippen LogP contribution is -2.25. The van der Waals surface area contributed by atoms with E-state index in [2.05, 4.69) is 11.7 Å². The number of hydrogen-bond acceptors (Lipinski definition) is 3. The number of esters is 1. The fourth-order valence-corrected chi connectivity index (χ4v) is 3.86. The third kappa shape index (κ3) is 5.16. The first kappa shape index (κ1) is 21.3. The molecular formula is C21H21F5O3. The van der Waals surface area contributed by atoms with Crippen molar-refractivity contribution in [3.8, 4) is 11.5 Å². The van der Waals surface area contributed by atoms with Gasteiger partial charge in [0.05, 0.1) is 5.92 Å². The molecule has 0 N–H and O–H groups in total. The van der Waals surface area contributed by atoms with Gasteiger partial charge in [0.1, 0.15) is 5.75 Å². The van der Waals surface area contributed by atoms with E-state index in [0.29, 0.717) is 12.0 Å². The molecule has 0 spiro atoms. The van der Waals surface area contributed by atoms with Crippen LogP contribution in [0.25, 0.3) is 10.8 Å².